The van der Waals surface area contributed by atoms with Crippen LogP contribution in [0.25, 0.3) is 21.3 Å². The Morgan fingerprint density at radius 3 is 2.70 bits per heavy atom. The Labute approximate surface area is 197 Å². The van der Waals surface area contributed by atoms with E-state index in [1.54, 1.807) is 19.1 Å². The van der Waals surface area contributed by atoms with E-state index in [0.717, 1.165) is 16.0 Å². The van der Waals surface area contributed by atoms with Gasteiger partial charge in [0.1, 0.15) is 11.2 Å². The van der Waals surface area contributed by atoms with Crippen molar-refractivity contribution >= 4 is 50.4 Å². The Kier molecular flexibility index (Phi) is 6.38. The molecule has 4 rings (SSSR count). The number of aromatic nitrogens is 2. The van der Waals surface area contributed by atoms with Gasteiger partial charge in [0.2, 0.25) is 5.88 Å². The summed E-state index contributed by atoms with van der Waals surface area (Å²) in [4.78, 5) is 32.4. The van der Waals surface area contributed by atoms with Crippen LogP contribution in [0.4, 0.5) is 11.4 Å². The van der Waals surface area contributed by atoms with Crippen LogP contribution in [0.15, 0.2) is 48.1 Å². The number of thiophene rings is 1. The quantitative estimate of drug-likeness (QED) is 0.281. The molecule has 0 fully saturated rings. The lowest BCUT2D eigenvalue weighted by Crippen LogP contribution is -2.21. The van der Waals surface area contributed by atoms with Gasteiger partial charge in [-0.2, -0.15) is 0 Å². The fourth-order valence-corrected chi connectivity index (χ4v) is 4.27. The van der Waals surface area contributed by atoms with Gasteiger partial charge in [0.05, 0.1) is 17.4 Å². The van der Waals surface area contributed by atoms with Crippen molar-refractivity contribution in [3.05, 3.63) is 68.8 Å². The number of hydrogen-bond acceptors (Lipinski definition) is 8. The number of nitro groups is 1. The van der Waals surface area contributed by atoms with Crippen molar-refractivity contribution in [3.8, 4) is 22.8 Å². The minimum Gasteiger partial charge on any atom is -0.490 e. The highest BCUT2D eigenvalue weighted by Gasteiger charge is 2.19. The predicted molar refractivity (Wildman–Crippen MR) is 126 cm³/mol. The van der Waals surface area contributed by atoms with Gasteiger partial charge in [0.25, 0.3) is 5.91 Å². The van der Waals surface area contributed by atoms with Crippen LogP contribution in [0.1, 0.15) is 5.56 Å². The number of hydrogen-bond donors (Lipinski definition) is 1. The number of carbonyl (C=O) groups excluding carboxylic acids is 1. The van der Waals surface area contributed by atoms with E-state index in [0.29, 0.717) is 21.7 Å². The van der Waals surface area contributed by atoms with Gasteiger partial charge in [0.15, 0.2) is 12.4 Å². The van der Waals surface area contributed by atoms with Gasteiger partial charge in [-0.05, 0) is 30.2 Å². The zero-order valence-electron chi connectivity index (χ0n) is 17.5. The normalized spacial score (nSPS) is 10.8. The Morgan fingerprint density at radius 2 is 2.00 bits per heavy atom. The lowest BCUT2D eigenvalue weighted by molar-refractivity contribution is -0.385. The molecule has 1 N–H and O–H groups in total. The number of nitrogens with zero attached hydrogens (tertiary/aromatic N) is 3. The standard InChI is InChI=1S/C22H17ClN4O5S/c1-12-7-17(27(29)30)18(31-2)8-16(12)26-19(28)9-32-21-20-15(10-33-22(20)25-11-24-21)13-3-5-14(23)6-4-13/h3-8,10-11H,9H2,1-2H3,(H,26,28). The van der Waals surface area contributed by atoms with Crippen LogP contribution < -0.4 is 14.8 Å². The van der Waals surface area contributed by atoms with Crippen LogP contribution in [-0.2, 0) is 4.79 Å². The van der Waals surface area contributed by atoms with E-state index in [1.807, 2.05) is 17.5 Å². The summed E-state index contributed by atoms with van der Waals surface area (Å²) in [5.74, 6) is -0.131. The monoisotopic (exact) mass is 484 g/mol. The highest BCUT2D eigenvalue weighted by Crippen LogP contribution is 2.38. The molecule has 0 unspecified atom stereocenters. The lowest BCUT2D eigenvalue weighted by Gasteiger charge is -2.12. The van der Waals surface area contributed by atoms with Crippen molar-refractivity contribution in [2.75, 3.05) is 19.0 Å². The van der Waals surface area contributed by atoms with E-state index < -0.39 is 10.8 Å². The molecule has 11 heteroatoms. The summed E-state index contributed by atoms with van der Waals surface area (Å²) in [5, 5.41) is 17.1. The van der Waals surface area contributed by atoms with Crippen LogP contribution >= 0.6 is 22.9 Å². The third-order valence-corrected chi connectivity index (χ3v) is 5.97. The van der Waals surface area contributed by atoms with Gasteiger partial charge in [-0.3, -0.25) is 14.9 Å². The molecular formula is C22H17ClN4O5S. The summed E-state index contributed by atoms with van der Waals surface area (Å²) in [6.07, 6.45) is 1.38. The smallest absolute Gasteiger partial charge is 0.311 e. The zero-order valence-corrected chi connectivity index (χ0v) is 19.1. The van der Waals surface area contributed by atoms with E-state index in [1.165, 1.54) is 36.9 Å². The van der Waals surface area contributed by atoms with Crippen LogP contribution in [0.5, 0.6) is 11.6 Å². The molecule has 0 radical (unpaired) electrons. The summed E-state index contributed by atoms with van der Waals surface area (Å²) in [6.45, 7) is 1.33. The highest BCUT2D eigenvalue weighted by molar-refractivity contribution is 7.17. The number of nitrogens with one attached hydrogen (secondary N) is 1. The predicted octanol–water partition coefficient (Wildman–Crippen LogP) is 5.25. The fraction of sp³-hybridized carbons (Fsp3) is 0.136. The molecule has 4 aromatic rings. The Hall–Kier alpha value is -3.76. The molecule has 0 aliphatic carbocycles. The van der Waals surface area contributed by atoms with Crippen molar-refractivity contribution in [3.63, 3.8) is 0 Å². The van der Waals surface area contributed by atoms with Crippen molar-refractivity contribution in [2.45, 2.75) is 6.92 Å². The van der Waals surface area contributed by atoms with Crippen molar-refractivity contribution < 1.29 is 19.2 Å². The topological polar surface area (TPSA) is 116 Å². The second-order valence-electron chi connectivity index (χ2n) is 6.95. The third-order valence-electron chi connectivity index (χ3n) is 4.83. The molecule has 0 spiro atoms. The molecule has 0 bridgehead atoms. The first-order valence-corrected chi connectivity index (χ1v) is 10.9. The molecule has 9 nitrogen and oxygen atoms in total. The zero-order chi connectivity index (χ0) is 23.5. The fourth-order valence-electron chi connectivity index (χ4n) is 3.23. The van der Waals surface area contributed by atoms with Crippen LogP contribution in [0.2, 0.25) is 5.02 Å². The molecule has 2 aromatic heterocycles. The summed E-state index contributed by atoms with van der Waals surface area (Å²) in [5.41, 5.74) is 2.51. The Bertz CT molecular complexity index is 1360. The van der Waals surface area contributed by atoms with Crippen LogP contribution in [-0.4, -0.2) is 34.5 Å². The number of carbonyl (C=O) groups is 1. The van der Waals surface area contributed by atoms with E-state index in [-0.39, 0.29) is 23.9 Å². The Morgan fingerprint density at radius 1 is 1.24 bits per heavy atom. The van der Waals surface area contributed by atoms with Gasteiger partial charge in [-0.25, -0.2) is 9.97 Å². The van der Waals surface area contributed by atoms with Crippen molar-refractivity contribution in [1.82, 2.24) is 9.97 Å². The van der Waals surface area contributed by atoms with Gasteiger partial charge in [0, 0.05) is 33.8 Å². The summed E-state index contributed by atoms with van der Waals surface area (Å²) in [6, 6.07) is 10.1. The maximum absolute atomic E-state index is 12.6. The number of aryl methyl sites for hydroxylation is 1. The number of nitro benzene ring substituents is 1. The first-order chi connectivity index (χ1) is 15.9. The average molecular weight is 485 g/mol. The number of amides is 1. The molecular weight excluding hydrogens is 468 g/mol. The number of halogens is 1. The molecule has 33 heavy (non-hydrogen) atoms. The number of rotatable bonds is 7. The van der Waals surface area contributed by atoms with Crippen molar-refractivity contribution in [1.29, 1.82) is 0 Å². The highest BCUT2D eigenvalue weighted by atomic mass is 35.5. The second-order valence-corrected chi connectivity index (χ2v) is 8.24. The summed E-state index contributed by atoms with van der Waals surface area (Å²) < 4.78 is 10.8. The molecule has 1 amide bonds. The molecule has 0 aliphatic heterocycles. The van der Waals surface area contributed by atoms with Gasteiger partial charge >= 0.3 is 5.69 Å². The molecule has 0 saturated carbocycles. The third kappa shape index (κ3) is 4.71. The first-order valence-electron chi connectivity index (χ1n) is 9.61. The van der Waals surface area contributed by atoms with Gasteiger partial charge in [-0.15, -0.1) is 11.3 Å². The lowest BCUT2D eigenvalue weighted by atomic mass is 10.1. The van der Waals surface area contributed by atoms with E-state index in [9.17, 15) is 14.9 Å². The van der Waals surface area contributed by atoms with Crippen LogP contribution in [0.3, 0.4) is 0 Å². The molecule has 2 heterocycles. The first kappa shape index (κ1) is 22.4. The molecule has 2 aromatic carbocycles. The van der Waals surface area contributed by atoms with Gasteiger partial charge in [-0.1, -0.05) is 23.7 Å². The number of fused-ring (bicyclic) bond motifs is 1. The number of methoxy groups -OCH3 is 1. The minimum atomic E-state index is -0.542. The van der Waals surface area contributed by atoms with Crippen molar-refractivity contribution in [2.24, 2.45) is 0 Å². The number of anilines is 1. The summed E-state index contributed by atoms with van der Waals surface area (Å²) in [7, 11) is 1.33. The van der Waals surface area contributed by atoms with E-state index in [4.69, 9.17) is 21.1 Å². The van der Waals surface area contributed by atoms with E-state index >= 15 is 0 Å². The van der Waals surface area contributed by atoms with Crippen LogP contribution in [0, 0.1) is 17.0 Å². The van der Waals surface area contributed by atoms with Gasteiger partial charge < -0.3 is 14.8 Å². The largest absolute Gasteiger partial charge is 0.490 e. The Balaban J connectivity index is 1.55. The SMILES string of the molecule is COc1cc(NC(=O)COc2ncnc3scc(-c4ccc(Cl)cc4)c23)c(C)cc1[N+](=O)[O-]. The average Bonchev–Trinajstić information content (AvgIpc) is 3.24. The second kappa shape index (κ2) is 9.39. The molecule has 0 aliphatic rings. The number of ether oxygens (including phenoxy) is 2. The molecule has 168 valence electrons. The molecule has 0 saturated heterocycles. The maximum atomic E-state index is 12.6. The maximum Gasteiger partial charge on any atom is 0.311 e. The minimum absolute atomic E-state index is 0.0465. The summed E-state index contributed by atoms with van der Waals surface area (Å²) >= 11 is 7.44. The molecule has 0 atom stereocenters. The number of benzene rings is 2. The van der Waals surface area contributed by atoms with E-state index in [2.05, 4.69) is 15.3 Å².